The van der Waals surface area contributed by atoms with E-state index in [0.717, 1.165) is 18.2 Å². The van der Waals surface area contributed by atoms with Gasteiger partial charge in [0.05, 0.1) is 10.5 Å². The van der Waals surface area contributed by atoms with E-state index in [1.807, 2.05) is 6.92 Å². The maximum Gasteiger partial charge on any atom is 0.270 e. The van der Waals surface area contributed by atoms with Gasteiger partial charge >= 0.3 is 0 Å². The van der Waals surface area contributed by atoms with E-state index >= 15 is 0 Å². The number of carbonyl (C=O) groups is 1. The normalized spacial score (nSPS) is 19.3. The molecule has 1 saturated heterocycles. The molecule has 0 aromatic heterocycles. The average Bonchev–Trinajstić information content (AvgIpc) is 2.38. The minimum Gasteiger partial charge on any atom is -0.336 e. The molecule has 1 fully saturated rings. The molecule has 6 nitrogen and oxygen atoms in total. The summed E-state index contributed by atoms with van der Waals surface area (Å²) >= 11 is 0. The van der Waals surface area contributed by atoms with Crippen LogP contribution in [0.3, 0.4) is 0 Å². The molecule has 1 atom stereocenters. The van der Waals surface area contributed by atoms with E-state index in [1.165, 1.54) is 4.90 Å². The standard InChI is InChI=1S/C12H14FN3O3/c1-8-7-15(5-4-14-8)12(17)10-6-9(16(18)19)2-3-11(10)13/h2-3,6,8,14H,4-5,7H2,1H3/t8-/m1/s1. The highest BCUT2D eigenvalue weighted by Crippen LogP contribution is 2.19. The number of nitrogens with one attached hydrogen (secondary N) is 1. The van der Waals surface area contributed by atoms with Crippen molar-refractivity contribution >= 4 is 11.6 Å². The van der Waals surface area contributed by atoms with E-state index in [9.17, 15) is 19.3 Å². The number of nitro benzene ring substituents is 1. The SMILES string of the molecule is C[C@@H]1CN(C(=O)c2cc([N+](=O)[O-])ccc2F)CCN1. The molecule has 0 bridgehead atoms. The molecule has 1 heterocycles. The molecule has 1 amide bonds. The predicted octanol–water partition coefficient (Wildman–Crippen LogP) is 1.17. The van der Waals surface area contributed by atoms with Crippen LogP contribution in [0.15, 0.2) is 18.2 Å². The summed E-state index contributed by atoms with van der Waals surface area (Å²) in [5.74, 6) is -1.24. The maximum atomic E-state index is 13.6. The maximum absolute atomic E-state index is 13.6. The van der Waals surface area contributed by atoms with Crippen molar-refractivity contribution in [2.45, 2.75) is 13.0 Å². The first-order chi connectivity index (χ1) is 8.99. The second-order valence-electron chi connectivity index (χ2n) is 4.53. The van der Waals surface area contributed by atoms with Gasteiger partial charge < -0.3 is 10.2 Å². The second-order valence-corrected chi connectivity index (χ2v) is 4.53. The first-order valence-electron chi connectivity index (χ1n) is 5.95. The van der Waals surface area contributed by atoms with E-state index in [4.69, 9.17) is 0 Å². The summed E-state index contributed by atoms with van der Waals surface area (Å²) < 4.78 is 13.6. The number of non-ortho nitro benzene ring substituents is 1. The Labute approximate surface area is 109 Å². The van der Waals surface area contributed by atoms with Gasteiger partial charge in [0.1, 0.15) is 5.82 Å². The molecular formula is C12H14FN3O3. The summed E-state index contributed by atoms with van der Waals surface area (Å²) in [4.78, 5) is 23.7. The summed E-state index contributed by atoms with van der Waals surface area (Å²) in [6.07, 6.45) is 0. The van der Waals surface area contributed by atoms with E-state index < -0.39 is 16.6 Å². The minimum atomic E-state index is -0.734. The fourth-order valence-electron chi connectivity index (χ4n) is 2.08. The monoisotopic (exact) mass is 267 g/mol. The molecule has 1 N–H and O–H groups in total. The molecule has 0 radical (unpaired) electrons. The summed E-state index contributed by atoms with van der Waals surface area (Å²) in [6, 6.07) is 3.12. The lowest BCUT2D eigenvalue weighted by Crippen LogP contribution is -2.51. The highest BCUT2D eigenvalue weighted by Gasteiger charge is 2.25. The number of amides is 1. The molecule has 0 aliphatic carbocycles. The van der Waals surface area contributed by atoms with Gasteiger partial charge in [-0.3, -0.25) is 14.9 Å². The van der Waals surface area contributed by atoms with E-state index in [2.05, 4.69) is 5.32 Å². The number of nitro groups is 1. The van der Waals surface area contributed by atoms with Gasteiger partial charge in [-0.1, -0.05) is 0 Å². The molecule has 1 aromatic rings. The second kappa shape index (κ2) is 5.31. The number of rotatable bonds is 2. The summed E-state index contributed by atoms with van der Waals surface area (Å²) in [5, 5.41) is 13.8. The van der Waals surface area contributed by atoms with Gasteiger partial charge in [0, 0.05) is 37.8 Å². The van der Waals surface area contributed by atoms with Crippen molar-refractivity contribution in [3.8, 4) is 0 Å². The Bertz CT molecular complexity index is 521. The molecule has 1 aliphatic rings. The number of nitrogens with zero attached hydrogens (tertiary/aromatic N) is 2. The lowest BCUT2D eigenvalue weighted by Gasteiger charge is -2.31. The molecule has 2 rings (SSSR count). The van der Waals surface area contributed by atoms with E-state index in [0.29, 0.717) is 19.6 Å². The summed E-state index contributed by atoms with van der Waals surface area (Å²) in [7, 11) is 0. The van der Waals surface area contributed by atoms with Crippen molar-refractivity contribution in [1.82, 2.24) is 10.2 Å². The van der Waals surface area contributed by atoms with Crippen molar-refractivity contribution in [3.63, 3.8) is 0 Å². The van der Waals surface area contributed by atoms with Crippen molar-refractivity contribution in [2.75, 3.05) is 19.6 Å². The van der Waals surface area contributed by atoms with Crippen LogP contribution in [0, 0.1) is 15.9 Å². The van der Waals surface area contributed by atoms with Crippen LogP contribution in [0.1, 0.15) is 17.3 Å². The van der Waals surface area contributed by atoms with Crippen molar-refractivity contribution in [1.29, 1.82) is 0 Å². The van der Waals surface area contributed by atoms with Crippen LogP contribution < -0.4 is 5.32 Å². The van der Waals surface area contributed by atoms with Crippen molar-refractivity contribution in [3.05, 3.63) is 39.7 Å². The lowest BCUT2D eigenvalue weighted by molar-refractivity contribution is -0.384. The van der Waals surface area contributed by atoms with Gasteiger partial charge in [0.25, 0.3) is 11.6 Å². The smallest absolute Gasteiger partial charge is 0.270 e. The number of hydrogen-bond acceptors (Lipinski definition) is 4. The summed E-state index contributed by atoms with van der Waals surface area (Å²) in [5.41, 5.74) is -0.531. The number of halogens is 1. The average molecular weight is 267 g/mol. The Balaban J connectivity index is 2.27. The zero-order chi connectivity index (χ0) is 14.0. The first-order valence-corrected chi connectivity index (χ1v) is 5.95. The molecule has 0 saturated carbocycles. The molecule has 1 aliphatic heterocycles. The fraction of sp³-hybridized carbons (Fsp3) is 0.417. The summed E-state index contributed by atoms with van der Waals surface area (Å²) in [6.45, 7) is 3.47. The topological polar surface area (TPSA) is 75.5 Å². The molecule has 19 heavy (non-hydrogen) atoms. The Morgan fingerprint density at radius 3 is 2.95 bits per heavy atom. The molecule has 0 unspecified atom stereocenters. The first kappa shape index (κ1) is 13.4. The Morgan fingerprint density at radius 1 is 1.58 bits per heavy atom. The van der Waals surface area contributed by atoms with Gasteiger partial charge in [-0.15, -0.1) is 0 Å². The van der Waals surface area contributed by atoms with Crippen molar-refractivity contribution in [2.24, 2.45) is 0 Å². The van der Waals surface area contributed by atoms with Gasteiger partial charge in [-0.25, -0.2) is 4.39 Å². The highest BCUT2D eigenvalue weighted by molar-refractivity contribution is 5.95. The van der Waals surface area contributed by atoms with Gasteiger partial charge in [-0.2, -0.15) is 0 Å². The molecule has 0 spiro atoms. The minimum absolute atomic E-state index is 0.124. The third-order valence-electron chi connectivity index (χ3n) is 3.05. The van der Waals surface area contributed by atoms with Gasteiger partial charge in [0.15, 0.2) is 0 Å². The van der Waals surface area contributed by atoms with Crippen LogP contribution in [-0.4, -0.2) is 41.4 Å². The van der Waals surface area contributed by atoms with Crippen LogP contribution in [0.2, 0.25) is 0 Å². The van der Waals surface area contributed by atoms with Crippen LogP contribution >= 0.6 is 0 Å². The fourth-order valence-corrected chi connectivity index (χ4v) is 2.08. The van der Waals surface area contributed by atoms with Gasteiger partial charge in [0.2, 0.25) is 0 Å². The Morgan fingerprint density at radius 2 is 2.32 bits per heavy atom. The number of benzene rings is 1. The third kappa shape index (κ3) is 2.87. The van der Waals surface area contributed by atoms with Crippen molar-refractivity contribution < 1.29 is 14.1 Å². The molecule has 7 heteroatoms. The molecular weight excluding hydrogens is 253 g/mol. The number of carbonyl (C=O) groups excluding carboxylic acids is 1. The largest absolute Gasteiger partial charge is 0.336 e. The van der Waals surface area contributed by atoms with Crippen LogP contribution in [-0.2, 0) is 0 Å². The lowest BCUT2D eigenvalue weighted by atomic mass is 10.1. The number of piperazine rings is 1. The van der Waals surface area contributed by atoms with E-state index in [-0.39, 0.29) is 17.3 Å². The highest BCUT2D eigenvalue weighted by atomic mass is 19.1. The molecule has 102 valence electrons. The Hall–Kier alpha value is -2.02. The predicted molar refractivity (Wildman–Crippen MR) is 66.4 cm³/mol. The number of hydrogen-bond donors (Lipinski definition) is 1. The Kier molecular flexibility index (Phi) is 3.75. The van der Waals surface area contributed by atoms with Crippen LogP contribution in [0.5, 0.6) is 0 Å². The third-order valence-corrected chi connectivity index (χ3v) is 3.05. The van der Waals surface area contributed by atoms with Crippen LogP contribution in [0.4, 0.5) is 10.1 Å². The van der Waals surface area contributed by atoms with E-state index in [1.54, 1.807) is 0 Å². The van der Waals surface area contributed by atoms with Crippen LogP contribution in [0.25, 0.3) is 0 Å². The zero-order valence-electron chi connectivity index (χ0n) is 10.4. The van der Waals surface area contributed by atoms with Gasteiger partial charge in [-0.05, 0) is 13.0 Å². The molecule has 1 aromatic carbocycles. The quantitative estimate of drug-likeness (QED) is 0.644. The zero-order valence-corrected chi connectivity index (χ0v) is 10.4.